The fraction of sp³-hybridized carbons (Fsp3) is 0.433. The molecule has 208 valence electrons. The quantitative estimate of drug-likeness (QED) is 0.199. The van der Waals surface area contributed by atoms with Gasteiger partial charge in [0.1, 0.15) is 6.23 Å². The van der Waals surface area contributed by atoms with Crippen LogP contribution in [0.4, 0.5) is 5.69 Å². The molecular formula is C30H41N7O2. The summed E-state index contributed by atoms with van der Waals surface area (Å²) < 4.78 is 1.97. The molecule has 4 atom stereocenters. The summed E-state index contributed by atoms with van der Waals surface area (Å²) >= 11 is 0. The Morgan fingerprint density at radius 1 is 1.10 bits per heavy atom. The summed E-state index contributed by atoms with van der Waals surface area (Å²) in [4.78, 5) is 12.6. The predicted octanol–water partition coefficient (Wildman–Crippen LogP) is 2.97. The van der Waals surface area contributed by atoms with Gasteiger partial charge < -0.3 is 21.1 Å². The van der Waals surface area contributed by atoms with Gasteiger partial charge in [-0.2, -0.15) is 0 Å². The summed E-state index contributed by atoms with van der Waals surface area (Å²) in [6.07, 6.45) is 15.2. The first-order valence-corrected chi connectivity index (χ1v) is 13.8. The average molecular weight is 532 g/mol. The zero-order valence-corrected chi connectivity index (χ0v) is 23.1. The van der Waals surface area contributed by atoms with Gasteiger partial charge in [-0.3, -0.25) is 10.1 Å². The summed E-state index contributed by atoms with van der Waals surface area (Å²) in [6, 6.07) is 7.88. The van der Waals surface area contributed by atoms with E-state index in [1.165, 1.54) is 0 Å². The number of benzene rings is 1. The van der Waals surface area contributed by atoms with Crippen LogP contribution in [0.2, 0.25) is 0 Å². The van der Waals surface area contributed by atoms with Crippen LogP contribution in [0.3, 0.4) is 0 Å². The van der Waals surface area contributed by atoms with Crippen LogP contribution in [0, 0.1) is 11.8 Å². The third-order valence-corrected chi connectivity index (χ3v) is 7.20. The minimum Gasteiger partial charge on any atom is -0.374 e. The monoisotopic (exact) mass is 531 g/mol. The van der Waals surface area contributed by atoms with Crippen molar-refractivity contribution in [2.24, 2.45) is 11.8 Å². The van der Waals surface area contributed by atoms with Gasteiger partial charge in [0.05, 0.1) is 17.1 Å². The minimum atomic E-state index is -0.685. The van der Waals surface area contributed by atoms with E-state index in [9.17, 15) is 9.90 Å². The highest BCUT2D eigenvalue weighted by atomic mass is 16.3. The molecule has 0 spiro atoms. The summed E-state index contributed by atoms with van der Waals surface area (Å²) in [5, 5.41) is 32.1. The van der Waals surface area contributed by atoms with Gasteiger partial charge in [0.25, 0.3) is 0 Å². The molecule has 4 unspecified atom stereocenters. The summed E-state index contributed by atoms with van der Waals surface area (Å²) in [6.45, 7) is 4.90. The highest BCUT2D eigenvalue weighted by Gasteiger charge is 2.28. The maximum absolute atomic E-state index is 12.6. The van der Waals surface area contributed by atoms with E-state index >= 15 is 0 Å². The molecule has 4 rings (SSSR count). The van der Waals surface area contributed by atoms with E-state index in [4.69, 9.17) is 5.10 Å². The van der Waals surface area contributed by atoms with E-state index in [1.54, 1.807) is 0 Å². The lowest BCUT2D eigenvalue weighted by Gasteiger charge is -2.23. The first-order valence-electron chi connectivity index (χ1n) is 13.8. The van der Waals surface area contributed by atoms with Crippen molar-refractivity contribution in [1.82, 2.24) is 30.9 Å². The van der Waals surface area contributed by atoms with Crippen molar-refractivity contribution < 1.29 is 9.90 Å². The molecule has 0 aliphatic heterocycles. The van der Waals surface area contributed by atoms with Gasteiger partial charge in [-0.05, 0) is 38.1 Å². The molecule has 0 radical (unpaired) electrons. The summed E-state index contributed by atoms with van der Waals surface area (Å²) in [5.74, 6) is 0.511. The first-order chi connectivity index (χ1) is 19.0. The van der Waals surface area contributed by atoms with E-state index in [0.717, 1.165) is 41.2 Å². The zero-order valence-electron chi connectivity index (χ0n) is 23.1. The van der Waals surface area contributed by atoms with Crippen LogP contribution >= 0.6 is 0 Å². The molecule has 1 aromatic carbocycles. The molecular weight excluding hydrogens is 490 g/mol. The molecule has 0 fully saturated rings. The Hall–Kier alpha value is -3.37. The molecule has 9 heteroatoms. The number of rotatable bonds is 13. The number of aromatic nitrogens is 3. The molecule has 2 aromatic rings. The van der Waals surface area contributed by atoms with E-state index in [0.29, 0.717) is 26.1 Å². The number of carbonyl (C=O) groups is 1. The smallest absolute Gasteiger partial charge is 0.225 e. The van der Waals surface area contributed by atoms with Crippen LogP contribution in [0.5, 0.6) is 0 Å². The van der Waals surface area contributed by atoms with Gasteiger partial charge in [0.2, 0.25) is 5.91 Å². The number of hydrogen-bond donors (Lipinski definition) is 5. The van der Waals surface area contributed by atoms with Crippen LogP contribution in [-0.4, -0.2) is 66.0 Å². The summed E-state index contributed by atoms with van der Waals surface area (Å²) in [7, 11) is 3.73. The van der Waals surface area contributed by atoms with Gasteiger partial charge in [0, 0.05) is 50.0 Å². The number of nitrogens with zero attached hydrogens (tertiary/aromatic N) is 3. The second-order valence-electron chi connectivity index (χ2n) is 10.1. The molecule has 1 amide bonds. The second-order valence-corrected chi connectivity index (χ2v) is 10.1. The Labute approximate surface area is 231 Å². The Morgan fingerprint density at radius 3 is 2.64 bits per heavy atom. The van der Waals surface area contributed by atoms with Gasteiger partial charge >= 0.3 is 0 Å². The van der Waals surface area contributed by atoms with Crippen LogP contribution in [0.1, 0.15) is 31.4 Å². The number of hydrogen-bond acceptors (Lipinski definition) is 7. The van der Waals surface area contributed by atoms with Gasteiger partial charge in [-0.1, -0.05) is 72.9 Å². The third kappa shape index (κ3) is 7.39. The van der Waals surface area contributed by atoms with Crippen LogP contribution in [0.25, 0.3) is 11.3 Å². The maximum Gasteiger partial charge on any atom is 0.225 e. The number of para-hydroxylation sites is 1. The van der Waals surface area contributed by atoms with Crippen molar-refractivity contribution in [3.05, 3.63) is 78.1 Å². The maximum atomic E-state index is 12.6. The second kappa shape index (κ2) is 14.1. The Balaban J connectivity index is 1.61. The molecule has 0 saturated carbocycles. The molecule has 1 aromatic heterocycles. The van der Waals surface area contributed by atoms with Gasteiger partial charge in [0.15, 0.2) is 0 Å². The van der Waals surface area contributed by atoms with Crippen molar-refractivity contribution in [3.8, 4) is 11.3 Å². The van der Waals surface area contributed by atoms with Crippen molar-refractivity contribution in [1.29, 1.82) is 0 Å². The number of nitrogens with one attached hydrogen (secondary N) is 4. The van der Waals surface area contributed by atoms with Crippen molar-refractivity contribution >= 4 is 11.6 Å². The Morgan fingerprint density at radius 2 is 1.90 bits per heavy atom. The SMILES string of the molecule is CNCCNC(O)C1=CCC(Cn2nnc(C3C=CC=CC3C)c2-c2ccccc2NC(=O)CCNC)C=C1. The van der Waals surface area contributed by atoms with Crippen molar-refractivity contribution in [2.75, 3.05) is 39.0 Å². The van der Waals surface area contributed by atoms with E-state index in [1.807, 2.05) is 49.1 Å². The van der Waals surface area contributed by atoms with E-state index in [2.05, 4.69) is 69.9 Å². The normalized spacial score (nSPS) is 21.1. The van der Waals surface area contributed by atoms with Crippen LogP contribution in [0.15, 0.2) is 72.4 Å². The van der Waals surface area contributed by atoms with E-state index in [-0.39, 0.29) is 23.7 Å². The standard InChI is InChI=1S/C30H41N7O2/c1-21-8-4-5-9-24(21)28-29(25-10-6-7-11-26(25)34-27(38)16-17-31-2)37(36-35-28)20-22-12-14-23(15-13-22)30(39)33-19-18-32-3/h4-12,14-15,21-22,24,30-33,39H,13,16-20H2,1-3H3,(H,34,38). The molecule has 5 N–H and O–H groups in total. The Kier molecular flexibility index (Phi) is 10.4. The number of amides is 1. The van der Waals surface area contributed by atoms with E-state index < -0.39 is 6.23 Å². The molecule has 2 aliphatic rings. The molecule has 0 bridgehead atoms. The number of carbonyl (C=O) groups excluding carboxylic acids is 1. The average Bonchev–Trinajstić information content (AvgIpc) is 3.35. The molecule has 9 nitrogen and oxygen atoms in total. The number of likely N-dealkylation sites (N-methyl/N-ethyl adjacent to an activating group) is 1. The van der Waals surface area contributed by atoms with Gasteiger partial charge in [-0.25, -0.2) is 4.68 Å². The molecule has 1 heterocycles. The van der Waals surface area contributed by atoms with Gasteiger partial charge in [-0.15, -0.1) is 5.10 Å². The zero-order chi connectivity index (χ0) is 27.6. The number of anilines is 1. The van der Waals surface area contributed by atoms with Crippen LogP contribution in [-0.2, 0) is 11.3 Å². The molecule has 2 aliphatic carbocycles. The fourth-order valence-corrected chi connectivity index (χ4v) is 4.96. The lowest BCUT2D eigenvalue weighted by Crippen LogP contribution is -2.35. The topological polar surface area (TPSA) is 116 Å². The van der Waals surface area contributed by atoms with Crippen LogP contribution < -0.4 is 21.3 Å². The number of allylic oxidation sites excluding steroid dienone is 6. The van der Waals surface area contributed by atoms with Crippen molar-refractivity contribution in [3.63, 3.8) is 0 Å². The largest absolute Gasteiger partial charge is 0.374 e. The molecule has 39 heavy (non-hydrogen) atoms. The lowest BCUT2D eigenvalue weighted by atomic mass is 9.85. The minimum absolute atomic E-state index is 0.0407. The number of aliphatic hydroxyl groups is 1. The van der Waals surface area contributed by atoms with Crippen molar-refractivity contribution in [2.45, 2.75) is 38.5 Å². The lowest BCUT2D eigenvalue weighted by molar-refractivity contribution is -0.116. The number of aliphatic hydroxyl groups excluding tert-OH is 1. The molecule has 0 saturated heterocycles. The Bertz CT molecular complexity index is 1230. The fourth-order valence-electron chi connectivity index (χ4n) is 4.96. The highest BCUT2D eigenvalue weighted by Crippen LogP contribution is 2.38. The third-order valence-electron chi connectivity index (χ3n) is 7.20. The predicted molar refractivity (Wildman–Crippen MR) is 156 cm³/mol. The highest BCUT2D eigenvalue weighted by molar-refractivity contribution is 5.95. The summed E-state index contributed by atoms with van der Waals surface area (Å²) in [5.41, 5.74) is 4.37. The first kappa shape index (κ1) is 28.6.